The first-order valence-corrected chi connectivity index (χ1v) is 22.6. The van der Waals surface area contributed by atoms with E-state index in [4.69, 9.17) is 4.42 Å². The second kappa shape index (κ2) is 13.7. The summed E-state index contributed by atoms with van der Waals surface area (Å²) in [6.45, 7) is 0. The Morgan fingerprint density at radius 2 is 1.07 bits per heavy atom. The van der Waals surface area contributed by atoms with E-state index in [0.29, 0.717) is 5.41 Å². The lowest BCUT2D eigenvalue weighted by atomic mass is 9.48. The summed E-state index contributed by atoms with van der Waals surface area (Å²) < 4.78 is 8.91. The molecule has 4 bridgehead atoms. The van der Waals surface area contributed by atoms with Crippen LogP contribution < -0.4 is 15.5 Å². The van der Waals surface area contributed by atoms with Gasteiger partial charge >= 0.3 is 0 Å². The van der Waals surface area contributed by atoms with Crippen molar-refractivity contribution >= 4 is 61.5 Å². The molecule has 0 atom stereocenters. The van der Waals surface area contributed by atoms with Gasteiger partial charge < -0.3 is 13.9 Å². The highest BCUT2D eigenvalue weighted by molar-refractivity contribution is 6.09. The fraction of sp³-hybridized carbons (Fsp3) is 0.207. The molecular formula is C58H48N2O. The molecule has 296 valence electrons. The average Bonchev–Trinajstić information content (AvgIpc) is 3.86. The molecule has 0 unspecified atom stereocenters. The molecule has 4 fully saturated rings. The maximum absolute atomic E-state index is 6.51. The van der Waals surface area contributed by atoms with Gasteiger partial charge in [0.25, 0.3) is 0 Å². The molecular weight excluding hydrogens is 741 g/mol. The minimum Gasteiger partial charge on any atom is -0.456 e. The predicted molar refractivity (Wildman–Crippen MR) is 252 cm³/mol. The largest absolute Gasteiger partial charge is 0.456 e. The molecule has 0 radical (unpaired) electrons. The summed E-state index contributed by atoms with van der Waals surface area (Å²) in [4.78, 5) is 2.44. The van der Waals surface area contributed by atoms with Gasteiger partial charge in [-0.05, 0) is 164 Å². The van der Waals surface area contributed by atoms with Crippen molar-refractivity contribution in [2.45, 2.75) is 56.8 Å². The van der Waals surface area contributed by atoms with Gasteiger partial charge in [-0.1, -0.05) is 109 Å². The van der Waals surface area contributed by atoms with E-state index in [2.05, 4.69) is 185 Å². The van der Waals surface area contributed by atoms with Gasteiger partial charge in [0.15, 0.2) is 0 Å². The maximum Gasteiger partial charge on any atom is 0.138 e. The second-order valence-corrected chi connectivity index (χ2v) is 18.7. The van der Waals surface area contributed by atoms with Gasteiger partial charge in [0, 0.05) is 49.7 Å². The zero-order valence-electron chi connectivity index (χ0n) is 34.4. The van der Waals surface area contributed by atoms with Crippen molar-refractivity contribution in [1.29, 1.82) is 0 Å². The molecule has 0 N–H and O–H groups in total. The van der Waals surface area contributed by atoms with Crippen molar-refractivity contribution in [2.75, 3.05) is 4.90 Å². The summed E-state index contributed by atoms with van der Waals surface area (Å²) in [6, 6.07) is 63.1. The van der Waals surface area contributed by atoms with E-state index in [-0.39, 0.29) is 0 Å². The standard InChI is InChI=1S/C58H48N2O/c1-4-16-54-50(11-1)51-12-2-5-17-55(51)60(54)48-10-7-9-43(34-48)41-19-25-45(26-20-41)59(47-29-23-44(24-30-47)58-35-38-31-39(36-58)33-40(32-38)37-58)46-27-21-42(22-28-46)49-14-8-15-53-52-13-3-6-18-56(52)61-57(49)53/h1-7,9-13,15-30,34,38-40H,8,14,31-33,35-37H2. The predicted octanol–water partition coefficient (Wildman–Crippen LogP) is 13.9. The number of nitrogens with zero attached hydrogens (tertiary/aromatic N) is 2. The highest BCUT2D eigenvalue weighted by Gasteiger charge is 2.51. The first-order chi connectivity index (χ1) is 30.1. The number of furan rings is 1. The molecule has 61 heavy (non-hydrogen) atoms. The van der Waals surface area contributed by atoms with Gasteiger partial charge in [-0.15, -0.1) is 0 Å². The molecule has 3 heteroatoms. The molecule has 2 heterocycles. The van der Waals surface area contributed by atoms with Crippen LogP contribution >= 0.6 is 0 Å². The fourth-order valence-corrected chi connectivity index (χ4v) is 12.8. The van der Waals surface area contributed by atoms with Crippen LogP contribution in [-0.4, -0.2) is 4.57 Å². The van der Waals surface area contributed by atoms with Crippen molar-refractivity contribution in [1.82, 2.24) is 4.57 Å². The Labute approximate surface area is 356 Å². The number of anilines is 3. The maximum atomic E-state index is 6.51. The molecule has 7 aromatic carbocycles. The number of rotatable bonds is 7. The summed E-state index contributed by atoms with van der Waals surface area (Å²) in [7, 11) is 0. The summed E-state index contributed by atoms with van der Waals surface area (Å²) >= 11 is 0. The van der Waals surface area contributed by atoms with Gasteiger partial charge in [0.05, 0.1) is 11.0 Å². The van der Waals surface area contributed by atoms with E-state index in [1.165, 1.54) is 105 Å². The molecule has 14 rings (SSSR count). The van der Waals surface area contributed by atoms with Crippen LogP contribution in [0.1, 0.15) is 62.5 Å². The smallest absolute Gasteiger partial charge is 0.138 e. The van der Waals surface area contributed by atoms with Crippen LogP contribution in [0, 0.1) is 17.8 Å². The molecule has 5 aliphatic carbocycles. The van der Waals surface area contributed by atoms with Gasteiger partial charge in [-0.25, -0.2) is 0 Å². The Balaban J connectivity index is 0.880. The average molecular weight is 789 g/mol. The van der Waals surface area contributed by atoms with Crippen LogP contribution in [0.4, 0.5) is 17.1 Å². The van der Waals surface area contributed by atoms with Crippen LogP contribution in [0.15, 0.2) is 174 Å². The first-order valence-electron chi connectivity index (χ1n) is 22.6. The molecule has 4 saturated carbocycles. The SMILES string of the molecule is C1=c2c(oc3ccccc23)=C(c2ccc(N(c3ccc(-c4cccc(-n5c6ccccc6c6ccccc65)c4)cc3)c3ccc(C45CC6CC(CC(C6)C4)C5)cc3)cc2)CC1. The van der Waals surface area contributed by atoms with Crippen LogP contribution in [0.5, 0.6) is 0 Å². The molecule has 0 spiro atoms. The normalized spacial score (nSPS) is 21.6. The van der Waals surface area contributed by atoms with E-state index in [1.54, 1.807) is 5.56 Å². The van der Waals surface area contributed by atoms with Crippen LogP contribution in [0.3, 0.4) is 0 Å². The van der Waals surface area contributed by atoms with E-state index in [1.807, 2.05) is 0 Å². The van der Waals surface area contributed by atoms with Crippen molar-refractivity contribution in [3.63, 3.8) is 0 Å². The van der Waals surface area contributed by atoms with Crippen molar-refractivity contribution in [2.24, 2.45) is 17.8 Å². The Hall–Kier alpha value is -6.58. The number of benzene rings is 7. The van der Waals surface area contributed by atoms with Crippen LogP contribution in [0.25, 0.3) is 61.2 Å². The Bertz CT molecular complexity index is 3190. The quantitative estimate of drug-likeness (QED) is 0.160. The highest BCUT2D eigenvalue weighted by Crippen LogP contribution is 2.61. The zero-order chi connectivity index (χ0) is 40.1. The molecule has 9 aromatic rings. The van der Waals surface area contributed by atoms with Crippen molar-refractivity contribution in [3.8, 4) is 16.8 Å². The van der Waals surface area contributed by atoms with Gasteiger partial charge in [0.1, 0.15) is 11.0 Å². The fourth-order valence-electron chi connectivity index (χ4n) is 12.8. The summed E-state index contributed by atoms with van der Waals surface area (Å²) in [5.74, 6) is 2.79. The lowest BCUT2D eigenvalue weighted by Crippen LogP contribution is -2.48. The molecule has 0 aliphatic heterocycles. The van der Waals surface area contributed by atoms with Crippen LogP contribution in [0.2, 0.25) is 0 Å². The summed E-state index contributed by atoms with van der Waals surface area (Å²) in [5.41, 5.74) is 16.0. The van der Waals surface area contributed by atoms with E-state index >= 15 is 0 Å². The minimum atomic E-state index is 0.374. The van der Waals surface area contributed by atoms with E-state index < -0.39 is 0 Å². The molecule has 2 aromatic heterocycles. The number of hydrogen-bond donors (Lipinski definition) is 0. The molecule has 0 saturated heterocycles. The van der Waals surface area contributed by atoms with Crippen molar-refractivity contribution in [3.05, 3.63) is 192 Å². The lowest BCUT2D eigenvalue weighted by molar-refractivity contribution is -0.00518. The number of hydrogen-bond acceptors (Lipinski definition) is 2. The highest BCUT2D eigenvalue weighted by atomic mass is 16.3. The first kappa shape index (κ1) is 35.2. The second-order valence-electron chi connectivity index (χ2n) is 18.7. The third-order valence-electron chi connectivity index (χ3n) is 15.0. The topological polar surface area (TPSA) is 21.3 Å². The van der Waals surface area contributed by atoms with E-state index in [0.717, 1.165) is 53.0 Å². The Morgan fingerprint density at radius 1 is 0.508 bits per heavy atom. The van der Waals surface area contributed by atoms with Gasteiger partial charge in [0.2, 0.25) is 0 Å². The third-order valence-corrected chi connectivity index (χ3v) is 15.0. The number of fused-ring (bicyclic) bond motifs is 6. The minimum absolute atomic E-state index is 0.374. The zero-order valence-corrected chi connectivity index (χ0v) is 34.4. The lowest BCUT2D eigenvalue weighted by Gasteiger charge is -2.57. The Morgan fingerprint density at radius 3 is 1.70 bits per heavy atom. The molecule has 3 nitrogen and oxygen atoms in total. The Kier molecular flexibility index (Phi) is 7.92. The summed E-state index contributed by atoms with van der Waals surface area (Å²) in [6.07, 6.45) is 12.9. The molecule has 0 amide bonds. The third kappa shape index (κ3) is 5.70. The molecule has 5 aliphatic rings. The van der Waals surface area contributed by atoms with E-state index in [9.17, 15) is 0 Å². The van der Waals surface area contributed by atoms with Crippen LogP contribution in [-0.2, 0) is 5.41 Å². The van der Waals surface area contributed by atoms with Crippen molar-refractivity contribution < 1.29 is 4.42 Å². The number of aromatic nitrogens is 1. The monoisotopic (exact) mass is 788 g/mol. The number of para-hydroxylation sites is 3. The van der Waals surface area contributed by atoms with Gasteiger partial charge in [-0.3, -0.25) is 0 Å². The van der Waals surface area contributed by atoms with Gasteiger partial charge in [-0.2, -0.15) is 0 Å². The summed E-state index contributed by atoms with van der Waals surface area (Å²) in [5, 5.41) is 5.00.